The Morgan fingerprint density at radius 1 is 0.897 bits per heavy atom. The summed E-state index contributed by atoms with van der Waals surface area (Å²) in [5.41, 5.74) is 2.93. The van der Waals surface area contributed by atoms with Gasteiger partial charge in [-0.3, -0.25) is 0 Å². The average molecular weight is 386 g/mol. The Bertz CT molecular complexity index is 1200. The normalized spacial score (nSPS) is 10.6. The molecule has 2 aromatic carbocycles. The summed E-state index contributed by atoms with van der Waals surface area (Å²) in [5, 5.41) is 10.8. The summed E-state index contributed by atoms with van der Waals surface area (Å²) < 4.78 is 22.3. The highest BCUT2D eigenvalue weighted by molar-refractivity contribution is 5.85. The molecule has 6 nitrogen and oxygen atoms in total. The van der Waals surface area contributed by atoms with Gasteiger partial charge in [0, 0.05) is 16.5 Å². The molecule has 2 heterocycles. The van der Waals surface area contributed by atoms with Crippen molar-refractivity contribution >= 4 is 11.0 Å². The van der Waals surface area contributed by atoms with Crippen molar-refractivity contribution in [3.63, 3.8) is 0 Å². The molecule has 0 saturated heterocycles. The number of nitrogens with zero attached hydrogens (tertiary/aromatic N) is 2. The molecule has 4 aromatic rings. The largest absolute Gasteiger partial charge is 0.497 e. The van der Waals surface area contributed by atoms with Crippen LogP contribution in [0.1, 0.15) is 5.56 Å². The smallest absolute Gasteiger partial charge is 0.232 e. The van der Waals surface area contributed by atoms with E-state index in [-0.39, 0.29) is 5.88 Å². The van der Waals surface area contributed by atoms with Gasteiger partial charge >= 0.3 is 0 Å². The van der Waals surface area contributed by atoms with Crippen LogP contribution in [0.4, 0.5) is 0 Å². The van der Waals surface area contributed by atoms with Gasteiger partial charge in [-0.2, -0.15) is 5.26 Å². The topological polar surface area (TPSA) is 77.5 Å². The minimum atomic E-state index is 0.213. The molecule has 0 atom stereocenters. The summed E-state index contributed by atoms with van der Waals surface area (Å²) in [6.07, 6.45) is 0. The van der Waals surface area contributed by atoms with E-state index in [1.165, 1.54) is 7.11 Å². The average Bonchev–Trinajstić information content (AvgIpc) is 3.22. The number of rotatable bonds is 5. The first kappa shape index (κ1) is 18.4. The van der Waals surface area contributed by atoms with E-state index in [1.54, 1.807) is 32.4 Å². The first-order valence-corrected chi connectivity index (χ1v) is 8.89. The lowest BCUT2D eigenvalue weighted by molar-refractivity contribution is 0.396. The van der Waals surface area contributed by atoms with Crippen LogP contribution >= 0.6 is 0 Å². The van der Waals surface area contributed by atoms with Gasteiger partial charge in [0.15, 0.2) is 5.76 Å². The lowest BCUT2D eigenvalue weighted by Crippen LogP contribution is -1.99. The maximum absolute atomic E-state index is 9.79. The zero-order valence-corrected chi connectivity index (χ0v) is 16.2. The molecule has 4 rings (SSSR count). The minimum Gasteiger partial charge on any atom is -0.497 e. The molecule has 0 aliphatic carbocycles. The van der Waals surface area contributed by atoms with Crippen molar-refractivity contribution in [1.29, 1.82) is 5.26 Å². The molecule has 0 saturated carbocycles. The van der Waals surface area contributed by atoms with Gasteiger partial charge in [0.2, 0.25) is 5.88 Å². The first-order valence-electron chi connectivity index (χ1n) is 8.89. The third-order valence-electron chi connectivity index (χ3n) is 4.67. The Balaban J connectivity index is 1.99. The summed E-state index contributed by atoms with van der Waals surface area (Å²) >= 11 is 0. The number of aromatic nitrogens is 1. The fourth-order valence-electron chi connectivity index (χ4n) is 3.25. The van der Waals surface area contributed by atoms with Crippen molar-refractivity contribution < 1.29 is 18.6 Å². The monoisotopic (exact) mass is 386 g/mol. The Morgan fingerprint density at radius 3 is 2.41 bits per heavy atom. The van der Waals surface area contributed by atoms with Crippen molar-refractivity contribution in [2.24, 2.45) is 0 Å². The highest BCUT2D eigenvalue weighted by Crippen LogP contribution is 2.40. The molecule has 144 valence electrons. The standard InChI is InChI=1S/C23H18N2O4/c1-26-15-8-9-21(27-2)17(11-15)16-12-19(25-23(28-3)18(16)13-24)22-10-14-6-4-5-7-20(14)29-22/h4-12H,1-3H3. The molecule has 0 unspecified atom stereocenters. The van der Waals surface area contributed by atoms with Crippen molar-refractivity contribution in [3.05, 3.63) is 60.2 Å². The van der Waals surface area contributed by atoms with Gasteiger partial charge in [-0.1, -0.05) is 18.2 Å². The number of hydrogen-bond acceptors (Lipinski definition) is 6. The molecule has 2 aromatic heterocycles. The van der Waals surface area contributed by atoms with Crippen LogP contribution in [0.15, 0.2) is 59.0 Å². The second kappa shape index (κ2) is 7.56. The van der Waals surface area contributed by atoms with Gasteiger partial charge in [0.1, 0.15) is 34.4 Å². The highest BCUT2D eigenvalue weighted by atomic mass is 16.5. The maximum Gasteiger partial charge on any atom is 0.232 e. The molecular weight excluding hydrogens is 368 g/mol. The fourth-order valence-corrected chi connectivity index (χ4v) is 3.25. The minimum absolute atomic E-state index is 0.213. The van der Waals surface area contributed by atoms with Crippen LogP contribution in [0.5, 0.6) is 17.4 Å². The van der Waals surface area contributed by atoms with Gasteiger partial charge in [-0.15, -0.1) is 0 Å². The molecule has 0 radical (unpaired) electrons. The zero-order valence-electron chi connectivity index (χ0n) is 16.2. The van der Waals surface area contributed by atoms with E-state index >= 15 is 0 Å². The van der Waals surface area contributed by atoms with E-state index in [0.717, 1.165) is 11.0 Å². The Labute approximate surface area is 167 Å². The molecule has 0 fully saturated rings. The fraction of sp³-hybridized carbons (Fsp3) is 0.130. The van der Waals surface area contributed by atoms with Crippen LogP contribution in [0.2, 0.25) is 0 Å². The van der Waals surface area contributed by atoms with Crippen LogP contribution < -0.4 is 14.2 Å². The van der Waals surface area contributed by atoms with E-state index in [9.17, 15) is 5.26 Å². The number of benzene rings is 2. The molecule has 0 N–H and O–H groups in total. The predicted octanol–water partition coefficient (Wildman–Crippen LogP) is 5.06. The number of pyridine rings is 1. The van der Waals surface area contributed by atoms with Crippen molar-refractivity contribution in [2.75, 3.05) is 21.3 Å². The maximum atomic E-state index is 9.79. The van der Waals surface area contributed by atoms with Crippen LogP contribution in [-0.4, -0.2) is 26.3 Å². The lowest BCUT2D eigenvalue weighted by Gasteiger charge is -2.14. The van der Waals surface area contributed by atoms with E-state index < -0.39 is 0 Å². The van der Waals surface area contributed by atoms with Crippen molar-refractivity contribution in [1.82, 2.24) is 4.98 Å². The van der Waals surface area contributed by atoms with Crippen LogP contribution in [0.3, 0.4) is 0 Å². The number of ether oxygens (including phenoxy) is 3. The quantitative estimate of drug-likeness (QED) is 0.477. The van der Waals surface area contributed by atoms with Crippen LogP contribution in [0.25, 0.3) is 33.6 Å². The first-order chi connectivity index (χ1) is 14.2. The van der Waals surface area contributed by atoms with Crippen molar-refractivity contribution in [3.8, 4) is 46.0 Å². The third kappa shape index (κ3) is 3.23. The highest BCUT2D eigenvalue weighted by Gasteiger charge is 2.20. The summed E-state index contributed by atoms with van der Waals surface area (Å²) in [6.45, 7) is 0. The van der Waals surface area contributed by atoms with E-state index in [2.05, 4.69) is 11.1 Å². The molecule has 0 bridgehead atoms. The summed E-state index contributed by atoms with van der Waals surface area (Å²) in [5.74, 6) is 2.04. The zero-order chi connectivity index (χ0) is 20.4. The number of methoxy groups -OCH3 is 3. The van der Waals surface area contributed by atoms with Gasteiger partial charge in [0.25, 0.3) is 0 Å². The molecule has 0 amide bonds. The molecule has 0 spiro atoms. The van der Waals surface area contributed by atoms with Crippen LogP contribution in [0, 0.1) is 11.3 Å². The number of furan rings is 1. The molecule has 0 aliphatic heterocycles. The van der Waals surface area contributed by atoms with Crippen LogP contribution in [-0.2, 0) is 0 Å². The second-order valence-corrected chi connectivity index (χ2v) is 6.27. The summed E-state index contributed by atoms with van der Waals surface area (Å²) in [6, 6.07) is 19.0. The number of fused-ring (bicyclic) bond motifs is 1. The molecule has 6 heteroatoms. The van der Waals surface area contributed by atoms with Gasteiger partial charge in [-0.25, -0.2) is 4.98 Å². The number of para-hydroxylation sites is 1. The van der Waals surface area contributed by atoms with E-state index in [1.807, 2.05) is 36.4 Å². The summed E-state index contributed by atoms with van der Waals surface area (Å²) in [7, 11) is 4.65. The predicted molar refractivity (Wildman–Crippen MR) is 109 cm³/mol. The molecular formula is C23H18N2O4. The summed E-state index contributed by atoms with van der Waals surface area (Å²) in [4.78, 5) is 4.50. The second-order valence-electron chi connectivity index (χ2n) is 6.27. The van der Waals surface area contributed by atoms with Gasteiger partial charge < -0.3 is 18.6 Å². The third-order valence-corrected chi connectivity index (χ3v) is 4.67. The Kier molecular flexibility index (Phi) is 4.80. The Hall–Kier alpha value is -3.98. The lowest BCUT2D eigenvalue weighted by atomic mass is 9.98. The van der Waals surface area contributed by atoms with Gasteiger partial charge in [-0.05, 0) is 36.4 Å². The SMILES string of the molecule is COc1ccc(OC)c(-c2cc(-c3cc4ccccc4o3)nc(OC)c2C#N)c1. The number of hydrogen-bond donors (Lipinski definition) is 0. The van der Waals surface area contributed by atoms with E-state index in [4.69, 9.17) is 18.6 Å². The number of nitriles is 1. The molecule has 29 heavy (non-hydrogen) atoms. The van der Waals surface area contributed by atoms with Gasteiger partial charge in [0.05, 0.1) is 21.3 Å². The molecule has 0 aliphatic rings. The Morgan fingerprint density at radius 2 is 1.72 bits per heavy atom. The van der Waals surface area contributed by atoms with E-state index in [0.29, 0.717) is 39.6 Å². The van der Waals surface area contributed by atoms with Crippen molar-refractivity contribution in [2.45, 2.75) is 0 Å².